The topological polar surface area (TPSA) is 60.9 Å². The minimum atomic E-state index is -0.134. The SMILES string of the molecule is C[C@@]1(Cc2ccc(O)cc2)NCCc2[nH]cnc21. The van der Waals surface area contributed by atoms with Crippen molar-refractivity contribution in [2.24, 2.45) is 0 Å². The molecule has 0 saturated heterocycles. The van der Waals surface area contributed by atoms with Crippen LogP contribution in [0.25, 0.3) is 0 Å². The van der Waals surface area contributed by atoms with E-state index in [1.54, 1.807) is 18.5 Å². The van der Waals surface area contributed by atoms with Gasteiger partial charge in [0.2, 0.25) is 0 Å². The molecule has 0 spiro atoms. The molecule has 3 rings (SSSR count). The van der Waals surface area contributed by atoms with Gasteiger partial charge in [-0.05, 0) is 31.0 Å². The third-order valence-electron chi connectivity index (χ3n) is 3.63. The van der Waals surface area contributed by atoms with Crippen molar-refractivity contribution in [3.05, 3.63) is 47.5 Å². The first-order chi connectivity index (χ1) is 8.67. The van der Waals surface area contributed by atoms with Gasteiger partial charge in [-0.3, -0.25) is 0 Å². The molecule has 1 aromatic heterocycles. The van der Waals surface area contributed by atoms with Crippen LogP contribution in [0.1, 0.15) is 23.9 Å². The van der Waals surface area contributed by atoms with Gasteiger partial charge in [-0.2, -0.15) is 0 Å². The highest BCUT2D eigenvalue weighted by molar-refractivity contribution is 5.31. The van der Waals surface area contributed by atoms with E-state index in [4.69, 9.17) is 0 Å². The molecule has 0 aliphatic carbocycles. The number of nitrogens with one attached hydrogen (secondary N) is 2. The quantitative estimate of drug-likeness (QED) is 0.752. The van der Waals surface area contributed by atoms with Gasteiger partial charge in [0.25, 0.3) is 0 Å². The molecule has 0 saturated carbocycles. The molecule has 1 atom stereocenters. The first-order valence-corrected chi connectivity index (χ1v) is 6.23. The lowest BCUT2D eigenvalue weighted by Gasteiger charge is -2.34. The van der Waals surface area contributed by atoms with E-state index in [1.807, 2.05) is 12.1 Å². The number of phenolic OH excluding ortho intramolecular Hbond substituents is 1. The number of rotatable bonds is 2. The van der Waals surface area contributed by atoms with Crippen LogP contribution in [0.4, 0.5) is 0 Å². The summed E-state index contributed by atoms with van der Waals surface area (Å²) in [6.07, 6.45) is 3.64. The second-order valence-electron chi connectivity index (χ2n) is 5.08. The molecule has 0 unspecified atom stereocenters. The average Bonchev–Trinajstić information content (AvgIpc) is 2.82. The lowest BCUT2D eigenvalue weighted by molar-refractivity contribution is 0.335. The van der Waals surface area contributed by atoms with Crippen LogP contribution < -0.4 is 5.32 Å². The first kappa shape index (κ1) is 11.3. The minimum Gasteiger partial charge on any atom is -0.508 e. The summed E-state index contributed by atoms with van der Waals surface area (Å²) in [7, 11) is 0. The van der Waals surface area contributed by atoms with Crippen molar-refractivity contribution in [1.29, 1.82) is 0 Å². The number of fused-ring (bicyclic) bond motifs is 1. The predicted octanol–water partition coefficient (Wildman–Crippen LogP) is 1.72. The number of imidazole rings is 1. The normalized spacial score (nSPS) is 22.7. The van der Waals surface area contributed by atoms with Crippen molar-refractivity contribution >= 4 is 0 Å². The number of phenols is 1. The van der Waals surface area contributed by atoms with Gasteiger partial charge in [0.15, 0.2) is 0 Å². The zero-order chi connectivity index (χ0) is 12.6. The summed E-state index contributed by atoms with van der Waals surface area (Å²) in [6, 6.07) is 7.38. The fourth-order valence-electron chi connectivity index (χ4n) is 2.70. The molecule has 4 heteroatoms. The monoisotopic (exact) mass is 243 g/mol. The van der Waals surface area contributed by atoms with Crippen molar-refractivity contribution < 1.29 is 5.11 Å². The van der Waals surface area contributed by atoms with Gasteiger partial charge >= 0.3 is 0 Å². The van der Waals surface area contributed by atoms with Crippen LogP contribution >= 0.6 is 0 Å². The lowest BCUT2D eigenvalue weighted by atomic mass is 9.85. The Hall–Kier alpha value is -1.81. The van der Waals surface area contributed by atoms with Gasteiger partial charge < -0.3 is 15.4 Å². The summed E-state index contributed by atoms with van der Waals surface area (Å²) in [5.74, 6) is 0.306. The van der Waals surface area contributed by atoms with E-state index >= 15 is 0 Å². The molecule has 0 amide bonds. The molecular formula is C14H17N3O. The standard InChI is InChI=1S/C14H17N3O/c1-14(8-10-2-4-11(18)5-3-10)13-12(6-7-17-14)15-9-16-13/h2-5,9,17-18H,6-8H2,1H3,(H,15,16)/t14-/m0/s1. The Morgan fingerprint density at radius 2 is 2.11 bits per heavy atom. The molecule has 1 aromatic carbocycles. The van der Waals surface area contributed by atoms with E-state index in [9.17, 15) is 5.11 Å². The Morgan fingerprint density at radius 1 is 1.33 bits per heavy atom. The zero-order valence-electron chi connectivity index (χ0n) is 10.4. The van der Waals surface area contributed by atoms with E-state index in [-0.39, 0.29) is 5.54 Å². The summed E-state index contributed by atoms with van der Waals surface area (Å²) in [6.45, 7) is 3.14. The summed E-state index contributed by atoms with van der Waals surface area (Å²) in [4.78, 5) is 7.67. The number of hydrogen-bond donors (Lipinski definition) is 3. The molecule has 3 N–H and O–H groups in total. The van der Waals surface area contributed by atoms with Gasteiger partial charge in [0.1, 0.15) is 5.75 Å². The second kappa shape index (κ2) is 4.14. The van der Waals surface area contributed by atoms with Crippen molar-refractivity contribution in [3.63, 3.8) is 0 Å². The van der Waals surface area contributed by atoms with Crippen molar-refractivity contribution in [2.45, 2.75) is 25.3 Å². The molecular weight excluding hydrogens is 226 g/mol. The maximum Gasteiger partial charge on any atom is 0.115 e. The second-order valence-corrected chi connectivity index (χ2v) is 5.08. The highest BCUT2D eigenvalue weighted by atomic mass is 16.3. The van der Waals surface area contributed by atoms with E-state index < -0.39 is 0 Å². The number of H-pyrrole nitrogens is 1. The van der Waals surface area contributed by atoms with Crippen LogP contribution in [-0.4, -0.2) is 21.6 Å². The first-order valence-electron chi connectivity index (χ1n) is 6.23. The van der Waals surface area contributed by atoms with Crippen LogP contribution in [0.15, 0.2) is 30.6 Å². The summed E-state index contributed by atoms with van der Waals surface area (Å²) in [5, 5.41) is 12.9. The number of aromatic nitrogens is 2. The highest BCUT2D eigenvalue weighted by Gasteiger charge is 2.34. The smallest absolute Gasteiger partial charge is 0.115 e. The Labute approximate surface area is 106 Å². The largest absolute Gasteiger partial charge is 0.508 e. The van der Waals surface area contributed by atoms with Crippen LogP contribution in [0, 0.1) is 0 Å². The molecule has 0 bridgehead atoms. The summed E-state index contributed by atoms with van der Waals surface area (Å²) in [5.41, 5.74) is 3.40. The van der Waals surface area contributed by atoms with Crippen molar-refractivity contribution in [3.8, 4) is 5.75 Å². The number of benzene rings is 1. The summed E-state index contributed by atoms with van der Waals surface area (Å²) >= 11 is 0. The highest BCUT2D eigenvalue weighted by Crippen LogP contribution is 2.29. The van der Waals surface area contributed by atoms with E-state index in [0.29, 0.717) is 5.75 Å². The van der Waals surface area contributed by atoms with Crippen LogP contribution in [-0.2, 0) is 18.4 Å². The third-order valence-corrected chi connectivity index (χ3v) is 3.63. The van der Waals surface area contributed by atoms with Crippen LogP contribution in [0.5, 0.6) is 5.75 Å². The Morgan fingerprint density at radius 3 is 2.89 bits per heavy atom. The fraction of sp³-hybridized carbons (Fsp3) is 0.357. The number of nitrogens with zero attached hydrogens (tertiary/aromatic N) is 1. The molecule has 4 nitrogen and oxygen atoms in total. The number of aromatic hydroxyl groups is 1. The molecule has 0 fully saturated rings. The average molecular weight is 243 g/mol. The van der Waals surface area contributed by atoms with Gasteiger partial charge in [-0.1, -0.05) is 12.1 Å². The van der Waals surface area contributed by atoms with Crippen LogP contribution in [0.2, 0.25) is 0 Å². The lowest BCUT2D eigenvalue weighted by Crippen LogP contribution is -2.46. The van der Waals surface area contributed by atoms with E-state index in [1.165, 1.54) is 11.3 Å². The molecule has 94 valence electrons. The minimum absolute atomic E-state index is 0.134. The molecule has 0 radical (unpaired) electrons. The maximum absolute atomic E-state index is 9.32. The fourth-order valence-corrected chi connectivity index (χ4v) is 2.70. The van der Waals surface area contributed by atoms with Gasteiger partial charge in [-0.25, -0.2) is 4.98 Å². The molecule has 2 heterocycles. The molecule has 1 aliphatic rings. The zero-order valence-corrected chi connectivity index (χ0v) is 10.4. The van der Waals surface area contributed by atoms with Gasteiger partial charge in [0, 0.05) is 18.7 Å². The molecule has 18 heavy (non-hydrogen) atoms. The Balaban J connectivity index is 1.91. The number of hydrogen-bond acceptors (Lipinski definition) is 3. The van der Waals surface area contributed by atoms with Crippen molar-refractivity contribution in [1.82, 2.24) is 15.3 Å². The molecule has 1 aliphatic heterocycles. The Kier molecular flexibility index (Phi) is 2.59. The maximum atomic E-state index is 9.32. The van der Waals surface area contributed by atoms with Crippen molar-refractivity contribution in [2.75, 3.05) is 6.54 Å². The number of aromatic amines is 1. The van der Waals surface area contributed by atoms with E-state index in [0.717, 1.165) is 25.1 Å². The predicted molar refractivity (Wildman–Crippen MR) is 69.5 cm³/mol. The van der Waals surface area contributed by atoms with Crippen LogP contribution in [0.3, 0.4) is 0 Å². The molecule has 2 aromatic rings. The van der Waals surface area contributed by atoms with Gasteiger partial charge in [-0.15, -0.1) is 0 Å². The Bertz CT molecular complexity index is 546. The third kappa shape index (κ3) is 1.88. The van der Waals surface area contributed by atoms with E-state index in [2.05, 4.69) is 22.2 Å². The van der Waals surface area contributed by atoms with Gasteiger partial charge in [0.05, 0.1) is 17.6 Å². The summed E-state index contributed by atoms with van der Waals surface area (Å²) < 4.78 is 0.